The molecular formula is C24H32N2O3. The van der Waals surface area contributed by atoms with Crippen LogP contribution < -0.4 is 10.1 Å². The second kappa shape index (κ2) is 11.2. The molecule has 2 rings (SSSR count). The van der Waals surface area contributed by atoms with Crippen LogP contribution in [0, 0.1) is 5.92 Å². The number of nitrogens with one attached hydrogen (secondary N) is 1. The Bertz CT molecular complexity index is 772. The zero-order valence-corrected chi connectivity index (χ0v) is 17.9. The molecule has 2 aromatic rings. The molecule has 0 fully saturated rings. The highest BCUT2D eigenvalue weighted by Crippen LogP contribution is 2.25. The monoisotopic (exact) mass is 396 g/mol. The van der Waals surface area contributed by atoms with Crippen LogP contribution in [0.25, 0.3) is 0 Å². The summed E-state index contributed by atoms with van der Waals surface area (Å²) in [5.41, 5.74) is 1.76. The second-order valence-corrected chi connectivity index (χ2v) is 7.51. The minimum Gasteiger partial charge on any atom is -0.497 e. The Hall–Kier alpha value is -2.82. The molecule has 0 spiro atoms. The van der Waals surface area contributed by atoms with Crippen LogP contribution in [0.3, 0.4) is 0 Å². The first-order valence-corrected chi connectivity index (χ1v) is 10.2. The van der Waals surface area contributed by atoms with Gasteiger partial charge in [-0.3, -0.25) is 9.59 Å². The Morgan fingerprint density at radius 3 is 2.24 bits per heavy atom. The van der Waals surface area contributed by atoms with E-state index in [9.17, 15) is 9.59 Å². The second-order valence-electron chi connectivity index (χ2n) is 7.51. The third-order valence-corrected chi connectivity index (χ3v) is 4.83. The van der Waals surface area contributed by atoms with E-state index in [2.05, 4.69) is 19.2 Å². The first-order chi connectivity index (χ1) is 14.0. The standard InChI is InChI=1S/C24H32N2O3/c1-5-22(27)26(17-19-11-13-21(29-4)14-12-19)23(20-9-7-6-8-10-20)24(28)25-16-15-18(2)3/h6-14,18,23H,5,15-17H2,1-4H3,(H,25,28)/t23-/m0/s1. The fourth-order valence-electron chi connectivity index (χ4n) is 3.14. The number of benzene rings is 2. The highest BCUT2D eigenvalue weighted by molar-refractivity contribution is 5.88. The van der Waals surface area contributed by atoms with Crippen LogP contribution in [0.15, 0.2) is 54.6 Å². The van der Waals surface area contributed by atoms with Gasteiger partial charge in [-0.25, -0.2) is 0 Å². The molecule has 5 nitrogen and oxygen atoms in total. The number of carbonyl (C=O) groups excluding carboxylic acids is 2. The molecule has 0 saturated carbocycles. The molecule has 0 aromatic heterocycles. The summed E-state index contributed by atoms with van der Waals surface area (Å²) >= 11 is 0. The lowest BCUT2D eigenvalue weighted by Crippen LogP contribution is -2.43. The predicted octanol–water partition coefficient (Wildman–Crippen LogP) is 4.34. The van der Waals surface area contributed by atoms with Gasteiger partial charge in [0.15, 0.2) is 0 Å². The van der Waals surface area contributed by atoms with Gasteiger partial charge < -0.3 is 15.0 Å². The number of hydrogen-bond donors (Lipinski definition) is 1. The highest BCUT2D eigenvalue weighted by Gasteiger charge is 2.30. The Morgan fingerprint density at radius 1 is 1.03 bits per heavy atom. The first kappa shape index (κ1) is 22.5. The minimum atomic E-state index is -0.669. The van der Waals surface area contributed by atoms with Gasteiger partial charge in [-0.05, 0) is 35.6 Å². The third kappa shape index (κ3) is 6.63. The summed E-state index contributed by atoms with van der Waals surface area (Å²) in [5.74, 6) is 1.05. The molecule has 0 saturated heterocycles. The number of methoxy groups -OCH3 is 1. The van der Waals surface area contributed by atoms with Gasteiger partial charge in [-0.15, -0.1) is 0 Å². The van der Waals surface area contributed by atoms with E-state index in [-0.39, 0.29) is 11.8 Å². The van der Waals surface area contributed by atoms with Gasteiger partial charge in [0.1, 0.15) is 11.8 Å². The topological polar surface area (TPSA) is 58.6 Å². The van der Waals surface area contributed by atoms with E-state index in [0.29, 0.717) is 25.4 Å². The van der Waals surface area contributed by atoms with Gasteiger partial charge in [-0.2, -0.15) is 0 Å². The van der Waals surface area contributed by atoms with Crippen LogP contribution in [-0.4, -0.2) is 30.4 Å². The van der Waals surface area contributed by atoms with Crippen LogP contribution in [0.4, 0.5) is 0 Å². The van der Waals surface area contributed by atoms with Crippen molar-refractivity contribution in [1.82, 2.24) is 10.2 Å². The SMILES string of the molecule is CCC(=O)N(Cc1ccc(OC)cc1)[C@H](C(=O)NCCC(C)C)c1ccccc1. The van der Waals surface area contributed by atoms with Crippen molar-refractivity contribution in [2.45, 2.75) is 46.2 Å². The zero-order chi connectivity index (χ0) is 21.2. The molecule has 2 amide bonds. The number of nitrogens with zero attached hydrogens (tertiary/aromatic N) is 1. The summed E-state index contributed by atoms with van der Waals surface area (Å²) in [6.07, 6.45) is 1.23. The van der Waals surface area contributed by atoms with Gasteiger partial charge in [0.2, 0.25) is 11.8 Å². The number of carbonyl (C=O) groups is 2. The van der Waals surface area contributed by atoms with Gasteiger partial charge in [0.05, 0.1) is 7.11 Å². The quantitative estimate of drug-likeness (QED) is 0.650. The predicted molar refractivity (Wildman–Crippen MR) is 115 cm³/mol. The summed E-state index contributed by atoms with van der Waals surface area (Å²) in [6, 6.07) is 16.4. The minimum absolute atomic E-state index is 0.0614. The molecule has 1 atom stereocenters. The first-order valence-electron chi connectivity index (χ1n) is 10.2. The lowest BCUT2D eigenvalue weighted by Gasteiger charge is -2.31. The maximum atomic E-state index is 13.2. The van der Waals surface area contributed by atoms with Crippen molar-refractivity contribution in [3.05, 3.63) is 65.7 Å². The molecular weight excluding hydrogens is 364 g/mol. The number of hydrogen-bond acceptors (Lipinski definition) is 3. The largest absolute Gasteiger partial charge is 0.497 e. The molecule has 2 aromatic carbocycles. The molecule has 0 radical (unpaired) electrons. The van der Waals surface area contributed by atoms with E-state index >= 15 is 0 Å². The molecule has 0 aliphatic carbocycles. The van der Waals surface area contributed by atoms with Crippen LogP contribution in [0.2, 0.25) is 0 Å². The molecule has 0 aliphatic rings. The van der Waals surface area contributed by atoms with Crippen LogP contribution in [0.1, 0.15) is 50.8 Å². The van der Waals surface area contributed by atoms with Crippen molar-refractivity contribution in [3.8, 4) is 5.75 Å². The van der Waals surface area contributed by atoms with E-state index < -0.39 is 6.04 Å². The van der Waals surface area contributed by atoms with Crippen molar-refractivity contribution < 1.29 is 14.3 Å². The molecule has 0 unspecified atom stereocenters. The van der Waals surface area contributed by atoms with Crippen LogP contribution in [-0.2, 0) is 16.1 Å². The Balaban J connectivity index is 2.32. The maximum Gasteiger partial charge on any atom is 0.247 e. The Kier molecular flexibility index (Phi) is 8.71. The summed E-state index contributed by atoms with van der Waals surface area (Å²) < 4.78 is 5.22. The molecule has 0 aliphatic heterocycles. The molecule has 156 valence electrons. The van der Waals surface area contributed by atoms with Gasteiger partial charge in [-0.1, -0.05) is 63.2 Å². The number of rotatable bonds is 10. The number of amides is 2. The van der Waals surface area contributed by atoms with Crippen molar-refractivity contribution >= 4 is 11.8 Å². The normalized spacial score (nSPS) is 11.8. The van der Waals surface area contributed by atoms with E-state index in [1.54, 1.807) is 12.0 Å². The van der Waals surface area contributed by atoms with Crippen molar-refractivity contribution in [2.24, 2.45) is 5.92 Å². The lowest BCUT2D eigenvalue weighted by atomic mass is 10.0. The molecule has 5 heteroatoms. The zero-order valence-electron chi connectivity index (χ0n) is 17.9. The molecule has 29 heavy (non-hydrogen) atoms. The van der Waals surface area contributed by atoms with E-state index in [4.69, 9.17) is 4.74 Å². The van der Waals surface area contributed by atoms with Crippen molar-refractivity contribution in [1.29, 1.82) is 0 Å². The summed E-state index contributed by atoms with van der Waals surface area (Å²) in [7, 11) is 1.62. The molecule has 0 heterocycles. The maximum absolute atomic E-state index is 13.2. The van der Waals surface area contributed by atoms with E-state index in [1.165, 1.54) is 0 Å². The third-order valence-electron chi connectivity index (χ3n) is 4.83. The fourth-order valence-corrected chi connectivity index (χ4v) is 3.14. The molecule has 1 N–H and O–H groups in total. The Labute approximate surface area is 174 Å². The van der Waals surface area contributed by atoms with Gasteiger partial charge >= 0.3 is 0 Å². The van der Waals surface area contributed by atoms with Crippen LogP contribution >= 0.6 is 0 Å². The average molecular weight is 397 g/mol. The Morgan fingerprint density at radius 2 is 1.69 bits per heavy atom. The summed E-state index contributed by atoms with van der Waals surface area (Å²) in [4.78, 5) is 27.7. The fraction of sp³-hybridized carbons (Fsp3) is 0.417. The van der Waals surface area contributed by atoms with Gasteiger partial charge in [0, 0.05) is 19.5 Å². The molecule has 0 bridgehead atoms. The van der Waals surface area contributed by atoms with Crippen LogP contribution in [0.5, 0.6) is 5.75 Å². The number of ether oxygens (including phenoxy) is 1. The van der Waals surface area contributed by atoms with E-state index in [1.807, 2.05) is 61.5 Å². The highest BCUT2D eigenvalue weighted by atomic mass is 16.5. The summed E-state index contributed by atoms with van der Waals surface area (Å²) in [5, 5.41) is 3.02. The average Bonchev–Trinajstić information content (AvgIpc) is 2.73. The smallest absolute Gasteiger partial charge is 0.247 e. The summed E-state index contributed by atoms with van der Waals surface area (Å²) in [6.45, 7) is 7.02. The van der Waals surface area contributed by atoms with Crippen molar-refractivity contribution in [2.75, 3.05) is 13.7 Å². The van der Waals surface area contributed by atoms with E-state index in [0.717, 1.165) is 23.3 Å². The van der Waals surface area contributed by atoms with Gasteiger partial charge in [0.25, 0.3) is 0 Å². The lowest BCUT2D eigenvalue weighted by molar-refractivity contribution is -0.141. The van der Waals surface area contributed by atoms with Crippen molar-refractivity contribution in [3.63, 3.8) is 0 Å².